The van der Waals surface area contributed by atoms with Crippen LogP contribution >= 0.6 is 11.6 Å². The molecule has 3 aromatic rings. The number of rotatable bonds is 7. The van der Waals surface area contributed by atoms with E-state index in [1.54, 1.807) is 6.07 Å². The van der Waals surface area contributed by atoms with Crippen LogP contribution in [0.1, 0.15) is 58.4 Å². The van der Waals surface area contributed by atoms with Gasteiger partial charge >= 0.3 is 0 Å². The zero-order valence-electron chi connectivity index (χ0n) is 20.0. The molecule has 186 valence electrons. The molecule has 3 N–H and O–H groups in total. The van der Waals surface area contributed by atoms with Crippen LogP contribution in [0, 0.1) is 23.1 Å². The van der Waals surface area contributed by atoms with Gasteiger partial charge in [-0.05, 0) is 78.9 Å². The predicted octanol–water partition coefficient (Wildman–Crippen LogP) is 5.51. The van der Waals surface area contributed by atoms with Crippen molar-refractivity contribution < 1.29 is 13.6 Å². The highest BCUT2D eigenvalue weighted by atomic mass is 35.5. The van der Waals surface area contributed by atoms with E-state index in [1.165, 1.54) is 26.0 Å². The van der Waals surface area contributed by atoms with Gasteiger partial charge in [-0.1, -0.05) is 35.9 Å². The van der Waals surface area contributed by atoms with Gasteiger partial charge in [0.05, 0.1) is 17.7 Å². The number of likely N-dealkylation sites (tertiary alicyclic amines) is 1. The Labute approximate surface area is 214 Å². The normalized spacial score (nSPS) is 16.0. The number of benzene rings is 3. The van der Waals surface area contributed by atoms with Crippen LogP contribution in [-0.2, 0) is 0 Å². The molecule has 4 rings (SSSR count). The number of carbonyl (C=O) groups excluding carboxylic acids is 1. The van der Waals surface area contributed by atoms with Crippen LogP contribution in [0.15, 0.2) is 66.7 Å². The number of nitrogens with one attached hydrogen (secondary N) is 1. The summed E-state index contributed by atoms with van der Waals surface area (Å²) in [4.78, 5) is 14.2. The molecule has 1 heterocycles. The fourth-order valence-corrected chi connectivity index (χ4v) is 5.37. The van der Waals surface area contributed by atoms with E-state index in [2.05, 4.69) is 11.0 Å². The van der Waals surface area contributed by atoms with Crippen LogP contribution < -0.4 is 11.3 Å². The van der Waals surface area contributed by atoms with Gasteiger partial charge in [0.2, 0.25) is 0 Å². The Morgan fingerprint density at radius 1 is 1.11 bits per heavy atom. The Balaban J connectivity index is 1.67. The molecule has 3 aromatic carbocycles. The highest BCUT2D eigenvalue weighted by molar-refractivity contribution is 6.30. The molecule has 8 heteroatoms. The van der Waals surface area contributed by atoms with Crippen molar-refractivity contribution in [3.05, 3.63) is 105 Å². The monoisotopic (exact) mass is 508 g/mol. The number of hydrazine groups is 1. The molecule has 1 aliphatic rings. The molecule has 1 unspecified atom stereocenters. The molecule has 36 heavy (non-hydrogen) atoms. The highest BCUT2D eigenvalue weighted by Gasteiger charge is 2.45. The summed E-state index contributed by atoms with van der Waals surface area (Å²) in [5, 5.41) is 10.0. The molecule has 2 atom stereocenters. The molecule has 0 bridgehead atoms. The van der Waals surface area contributed by atoms with Crippen LogP contribution in [0.25, 0.3) is 0 Å². The Hall–Kier alpha value is -3.31. The minimum atomic E-state index is -1.67. The first-order valence-corrected chi connectivity index (χ1v) is 12.0. The summed E-state index contributed by atoms with van der Waals surface area (Å²) in [7, 11) is 0. The molecular formula is C28H27ClF2N4O. The lowest BCUT2D eigenvalue weighted by Gasteiger charge is -2.50. The summed E-state index contributed by atoms with van der Waals surface area (Å²) in [5.41, 5.74) is 3.29. The third-order valence-electron chi connectivity index (χ3n) is 6.70. The number of hydrogen-bond donors (Lipinski definition) is 2. The minimum absolute atomic E-state index is 0.0466. The zero-order chi connectivity index (χ0) is 26.0. The second-order valence-corrected chi connectivity index (χ2v) is 10.1. The van der Waals surface area contributed by atoms with Crippen LogP contribution in [0.5, 0.6) is 0 Å². The van der Waals surface area contributed by atoms with Gasteiger partial charge in [0.25, 0.3) is 5.91 Å². The van der Waals surface area contributed by atoms with Gasteiger partial charge in [-0.2, -0.15) is 5.26 Å². The van der Waals surface area contributed by atoms with Crippen molar-refractivity contribution in [2.45, 2.75) is 31.5 Å². The highest BCUT2D eigenvalue weighted by Crippen LogP contribution is 2.45. The Morgan fingerprint density at radius 2 is 1.81 bits per heavy atom. The first-order chi connectivity index (χ1) is 17.1. The van der Waals surface area contributed by atoms with Crippen LogP contribution in [0.4, 0.5) is 8.78 Å². The minimum Gasteiger partial charge on any atom is -0.292 e. The largest absolute Gasteiger partial charge is 0.292 e. The number of nitriles is 1. The van der Waals surface area contributed by atoms with Crippen LogP contribution in [0.3, 0.4) is 0 Å². The number of hydrogen-bond acceptors (Lipinski definition) is 4. The maximum Gasteiger partial charge on any atom is 0.265 e. The predicted molar refractivity (Wildman–Crippen MR) is 135 cm³/mol. The number of alkyl halides is 1. The molecule has 5 nitrogen and oxygen atoms in total. The van der Waals surface area contributed by atoms with Gasteiger partial charge in [0, 0.05) is 29.6 Å². The number of halogens is 3. The molecule has 1 saturated heterocycles. The lowest BCUT2D eigenvalue weighted by molar-refractivity contribution is 0.00809. The molecule has 0 aliphatic carbocycles. The van der Waals surface area contributed by atoms with Crippen LogP contribution in [0.2, 0.25) is 5.02 Å². The van der Waals surface area contributed by atoms with E-state index in [4.69, 9.17) is 17.4 Å². The van der Waals surface area contributed by atoms with Crippen molar-refractivity contribution in [3.8, 4) is 6.07 Å². The number of amides is 1. The van der Waals surface area contributed by atoms with Crippen molar-refractivity contribution in [3.63, 3.8) is 0 Å². The number of nitrogens with zero attached hydrogens (tertiary/aromatic N) is 2. The molecular weight excluding hydrogens is 482 g/mol. The van der Waals surface area contributed by atoms with Crippen molar-refractivity contribution in [1.82, 2.24) is 10.3 Å². The van der Waals surface area contributed by atoms with E-state index in [0.29, 0.717) is 29.2 Å². The van der Waals surface area contributed by atoms with E-state index in [0.717, 1.165) is 17.2 Å². The zero-order valence-corrected chi connectivity index (χ0v) is 20.8. The van der Waals surface area contributed by atoms with Gasteiger partial charge in [-0.3, -0.25) is 15.1 Å². The van der Waals surface area contributed by atoms with Gasteiger partial charge in [0.1, 0.15) is 11.5 Å². The third kappa shape index (κ3) is 5.41. The summed E-state index contributed by atoms with van der Waals surface area (Å²) in [5.74, 6) is 3.19. The third-order valence-corrected chi connectivity index (χ3v) is 6.96. The summed E-state index contributed by atoms with van der Waals surface area (Å²) < 4.78 is 30.0. The second kappa shape index (κ2) is 10.4. The lowest BCUT2D eigenvalue weighted by Crippen LogP contribution is -2.53. The molecule has 1 amide bonds. The molecule has 0 saturated carbocycles. The average Bonchev–Trinajstić information content (AvgIpc) is 2.82. The maximum atomic E-state index is 15.6. The van der Waals surface area contributed by atoms with Gasteiger partial charge < -0.3 is 0 Å². The SMILES string of the molecule is CC(C)(F)[C@H](c1cc(F)cc(C(=O)NN)c1)C1CN(C(c2ccc(Cl)cc2)c2cccc(C#N)c2)C1. The van der Waals surface area contributed by atoms with Gasteiger partial charge in [0.15, 0.2) is 0 Å². The van der Waals surface area contributed by atoms with E-state index in [1.807, 2.05) is 47.9 Å². The smallest absolute Gasteiger partial charge is 0.265 e. The van der Waals surface area contributed by atoms with E-state index >= 15 is 4.39 Å². The Kier molecular flexibility index (Phi) is 7.41. The first kappa shape index (κ1) is 25.8. The number of carbonyl (C=O) groups is 1. The quantitative estimate of drug-likeness (QED) is 0.250. The molecule has 0 spiro atoms. The fourth-order valence-electron chi connectivity index (χ4n) is 5.24. The van der Waals surface area contributed by atoms with E-state index < -0.39 is 23.3 Å². The molecule has 0 aromatic heterocycles. The topological polar surface area (TPSA) is 82.2 Å². The summed E-state index contributed by atoms with van der Waals surface area (Å²) in [6.45, 7) is 4.02. The number of nitrogen functional groups attached to an aromatic ring is 1. The second-order valence-electron chi connectivity index (χ2n) is 9.69. The summed E-state index contributed by atoms with van der Waals surface area (Å²) >= 11 is 6.11. The van der Waals surface area contributed by atoms with Crippen molar-refractivity contribution in [1.29, 1.82) is 5.26 Å². The van der Waals surface area contributed by atoms with Crippen molar-refractivity contribution in [2.24, 2.45) is 11.8 Å². The van der Waals surface area contributed by atoms with Crippen molar-refractivity contribution in [2.75, 3.05) is 13.1 Å². The molecule has 1 aliphatic heterocycles. The number of nitrogens with two attached hydrogens (primary N) is 1. The standard InChI is InChI=1S/C28H27ClF2N4O/c1-28(2,31)25(20-11-21(27(36)34-33)13-24(30)12-20)22-15-35(16-22)26(18-6-8-23(29)9-7-18)19-5-3-4-17(10-19)14-32/h3-13,22,25-26H,15-16,33H2,1-2H3,(H,34,36)/t25-,26?/m1/s1. The van der Waals surface area contributed by atoms with E-state index in [9.17, 15) is 14.4 Å². The lowest BCUT2D eigenvalue weighted by atomic mass is 9.72. The van der Waals surface area contributed by atoms with Crippen LogP contribution in [-0.4, -0.2) is 29.6 Å². The molecule has 1 fully saturated rings. The van der Waals surface area contributed by atoms with Gasteiger partial charge in [-0.15, -0.1) is 0 Å². The molecule has 0 radical (unpaired) electrons. The maximum absolute atomic E-state index is 15.6. The summed E-state index contributed by atoms with van der Waals surface area (Å²) in [6.07, 6.45) is 0. The Morgan fingerprint density at radius 3 is 2.42 bits per heavy atom. The van der Waals surface area contributed by atoms with Crippen molar-refractivity contribution >= 4 is 17.5 Å². The fraction of sp³-hybridized carbons (Fsp3) is 0.286. The first-order valence-electron chi connectivity index (χ1n) is 11.6. The summed E-state index contributed by atoms with van der Waals surface area (Å²) in [6, 6.07) is 20.8. The Bertz CT molecular complexity index is 1290. The van der Waals surface area contributed by atoms with Gasteiger partial charge in [-0.25, -0.2) is 14.6 Å². The van der Waals surface area contributed by atoms with E-state index in [-0.39, 0.29) is 17.5 Å². The average molecular weight is 509 g/mol.